The van der Waals surface area contributed by atoms with Crippen LogP contribution in [0.25, 0.3) is 10.2 Å². The summed E-state index contributed by atoms with van der Waals surface area (Å²) in [6, 6.07) is 11.5. The highest BCUT2D eigenvalue weighted by Crippen LogP contribution is 2.23. The molecule has 0 bridgehead atoms. The molecule has 3 rings (SSSR count). The van der Waals surface area contributed by atoms with Gasteiger partial charge in [-0.25, -0.2) is 4.98 Å². The van der Waals surface area contributed by atoms with Gasteiger partial charge < -0.3 is 5.32 Å². The van der Waals surface area contributed by atoms with Gasteiger partial charge in [-0.1, -0.05) is 23.7 Å². The lowest BCUT2D eigenvalue weighted by atomic mass is 10.2. The Morgan fingerprint density at radius 2 is 2.09 bits per heavy atom. The van der Waals surface area contributed by atoms with E-state index in [1.165, 1.54) is 23.5 Å². The van der Waals surface area contributed by atoms with E-state index in [1.54, 1.807) is 0 Å². The first-order valence-corrected chi connectivity index (χ1v) is 7.80. The molecule has 1 amide bonds. The Bertz CT molecular complexity index is 877. The van der Waals surface area contributed by atoms with Crippen molar-refractivity contribution in [2.24, 2.45) is 0 Å². The van der Waals surface area contributed by atoms with Gasteiger partial charge in [-0.15, -0.1) is 11.3 Å². The van der Waals surface area contributed by atoms with Crippen molar-refractivity contribution in [3.8, 4) is 0 Å². The van der Waals surface area contributed by atoms with E-state index in [0.29, 0.717) is 0 Å². The van der Waals surface area contributed by atoms with Gasteiger partial charge in [0.2, 0.25) is 0 Å². The number of nitro benzene ring substituents is 1. The maximum Gasteiger partial charge on any atom is 0.270 e. The number of amides is 1. The van der Waals surface area contributed by atoms with Gasteiger partial charge in [0.1, 0.15) is 5.01 Å². The van der Waals surface area contributed by atoms with E-state index >= 15 is 0 Å². The molecule has 0 aliphatic heterocycles. The monoisotopic (exact) mass is 347 g/mol. The number of rotatable bonds is 4. The summed E-state index contributed by atoms with van der Waals surface area (Å²) in [7, 11) is 0. The molecule has 8 heteroatoms. The number of nitro groups is 1. The Morgan fingerprint density at radius 1 is 1.30 bits per heavy atom. The lowest BCUT2D eigenvalue weighted by Gasteiger charge is -2.05. The zero-order valence-corrected chi connectivity index (χ0v) is 13.2. The second kappa shape index (κ2) is 6.31. The smallest absolute Gasteiger partial charge is 0.270 e. The lowest BCUT2D eigenvalue weighted by molar-refractivity contribution is -0.384. The number of aromatic nitrogens is 1. The van der Waals surface area contributed by atoms with Gasteiger partial charge in [0.05, 0.1) is 32.3 Å². The van der Waals surface area contributed by atoms with Crippen molar-refractivity contribution in [3.05, 3.63) is 68.2 Å². The van der Waals surface area contributed by atoms with E-state index in [-0.39, 0.29) is 22.8 Å². The van der Waals surface area contributed by atoms with Crippen LogP contribution >= 0.6 is 22.9 Å². The number of carbonyl (C=O) groups is 1. The molecule has 1 heterocycles. The number of para-hydroxylation sites is 1. The molecule has 0 saturated carbocycles. The number of fused-ring (bicyclic) bond motifs is 1. The Morgan fingerprint density at radius 3 is 2.78 bits per heavy atom. The SMILES string of the molecule is O=C(NCc1nc2ccccc2s1)c1ccc([N+](=O)[O-])cc1Cl. The maximum atomic E-state index is 12.1. The highest BCUT2D eigenvalue weighted by Gasteiger charge is 2.15. The second-order valence-electron chi connectivity index (χ2n) is 4.68. The Hall–Kier alpha value is -2.51. The molecular formula is C15H10ClN3O3S. The largest absolute Gasteiger partial charge is 0.345 e. The van der Waals surface area contributed by atoms with Crippen LogP contribution < -0.4 is 5.32 Å². The topological polar surface area (TPSA) is 85.1 Å². The van der Waals surface area contributed by atoms with E-state index in [1.807, 2.05) is 24.3 Å². The number of benzene rings is 2. The first-order chi connectivity index (χ1) is 11.0. The summed E-state index contributed by atoms with van der Waals surface area (Å²) in [5.41, 5.74) is 0.922. The summed E-state index contributed by atoms with van der Waals surface area (Å²) in [6.45, 7) is 0.269. The van der Waals surface area contributed by atoms with Crippen molar-refractivity contribution < 1.29 is 9.72 Å². The zero-order chi connectivity index (χ0) is 16.4. The third-order valence-corrected chi connectivity index (χ3v) is 4.50. The number of thiazole rings is 1. The fraction of sp³-hybridized carbons (Fsp3) is 0.0667. The van der Waals surface area contributed by atoms with Crippen molar-refractivity contribution in [2.75, 3.05) is 0 Å². The standard InChI is InChI=1S/C15H10ClN3O3S/c16-11-7-9(19(21)22)5-6-10(11)15(20)17-8-14-18-12-3-1-2-4-13(12)23-14/h1-7H,8H2,(H,17,20). The summed E-state index contributed by atoms with van der Waals surface area (Å²) < 4.78 is 1.05. The average molecular weight is 348 g/mol. The third-order valence-electron chi connectivity index (χ3n) is 3.15. The van der Waals surface area contributed by atoms with Gasteiger partial charge in [-0.2, -0.15) is 0 Å². The fourth-order valence-corrected chi connectivity index (χ4v) is 3.22. The van der Waals surface area contributed by atoms with E-state index in [9.17, 15) is 14.9 Å². The minimum atomic E-state index is -0.561. The summed E-state index contributed by atoms with van der Waals surface area (Å²) in [6.07, 6.45) is 0. The van der Waals surface area contributed by atoms with Gasteiger partial charge in [-0.3, -0.25) is 14.9 Å². The lowest BCUT2D eigenvalue weighted by Crippen LogP contribution is -2.23. The van der Waals surface area contributed by atoms with Gasteiger partial charge in [0, 0.05) is 12.1 Å². The van der Waals surface area contributed by atoms with Crippen LogP contribution in [0.15, 0.2) is 42.5 Å². The van der Waals surface area contributed by atoms with Crippen LogP contribution in [0.2, 0.25) is 5.02 Å². The molecule has 0 aliphatic rings. The molecule has 0 unspecified atom stereocenters. The average Bonchev–Trinajstić information content (AvgIpc) is 2.95. The van der Waals surface area contributed by atoms with Crippen LogP contribution in [0.1, 0.15) is 15.4 Å². The van der Waals surface area contributed by atoms with E-state index in [4.69, 9.17) is 11.6 Å². The van der Waals surface area contributed by atoms with Crippen LogP contribution in [-0.4, -0.2) is 15.8 Å². The molecule has 0 fully saturated rings. The number of hydrogen-bond acceptors (Lipinski definition) is 5. The van der Waals surface area contributed by atoms with Crippen molar-refractivity contribution in [2.45, 2.75) is 6.54 Å². The van der Waals surface area contributed by atoms with Crippen LogP contribution in [-0.2, 0) is 6.54 Å². The molecule has 1 N–H and O–H groups in total. The van der Waals surface area contributed by atoms with Crippen LogP contribution in [0.3, 0.4) is 0 Å². The van der Waals surface area contributed by atoms with Gasteiger partial charge >= 0.3 is 0 Å². The molecule has 0 spiro atoms. The van der Waals surface area contributed by atoms with E-state index in [0.717, 1.165) is 21.3 Å². The highest BCUT2D eigenvalue weighted by atomic mass is 35.5. The summed E-state index contributed by atoms with van der Waals surface area (Å²) in [4.78, 5) is 26.7. The fourth-order valence-electron chi connectivity index (χ4n) is 2.05. The molecule has 3 aromatic rings. The molecule has 1 aromatic heterocycles. The van der Waals surface area contributed by atoms with Gasteiger partial charge in [0.25, 0.3) is 11.6 Å². The number of hydrogen-bond donors (Lipinski definition) is 1. The molecule has 0 radical (unpaired) electrons. The van der Waals surface area contributed by atoms with Crippen LogP contribution in [0, 0.1) is 10.1 Å². The van der Waals surface area contributed by atoms with Crippen molar-refractivity contribution in [1.29, 1.82) is 0 Å². The Kier molecular flexibility index (Phi) is 4.22. The van der Waals surface area contributed by atoms with Crippen molar-refractivity contribution in [1.82, 2.24) is 10.3 Å². The predicted octanol–water partition coefficient (Wildman–Crippen LogP) is 3.79. The molecule has 2 aromatic carbocycles. The molecule has 116 valence electrons. The highest BCUT2D eigenvalue weighted by molar-refractivity contribution is 7.18. The quantitative estimate of drug-likeness (QED) is 0.574. The molecule has 6 nitrogen and oxygen atoms in total. The van der Waals surface area contributed by atoms with Crippen LogP contribution in [0.4, 0.5) is 5.69 Å². The summed E-state index contributed by atoms with van der Waals surface area (Å²) in [5, 5.41) is 14.2. The van der Waals surface area contributed by atoms with Gasteiger partial charge in [0.15, 0.2) is 0 Å². The van der Waals surface area contributed by atoms with E-state index in [2.05, 4.69) is 10.3 Å². The van der Waals surface area contributed by atoms with E-state index < -0.39 is 10.8 Å². The number of nitrogens with one attached hydrogen (secondary N) is 1. The number of nitrogens with zero attached hydrogens (tertiary/aromatic N) is 2. The number of carbonyl (C=O) groups excluding carboxylic acids is 1. The maximum absolute atomic E-state index is 12.1. The van der Waals surface area contributed by atoms with Gasteiger partial charge in [-0.05, 0) is 18.2 Å². The normalized spacial score (nSPS) is 10.7. The van der Waals surface area contributed by atoms with Crippen molar-refractivity contribution >= 4 is 44.7 Å². The first kappa shape index (κ1) is 15.4. The molecular weight excluding hydrogens is 338 g/mol. The number of non-ortho nitro benzene ring substituents is 1. The minimum Gasteiger partial charge on any atom is -0.345 e. The predicted molar refractivity (Wildman–Crippen MR) is 88.9 cm³/mol. The minimum absolute atomic E-state index is 0.0426. The molecule has 0 atom stereocenters. The summed E-state index contributed by atoms with van der Waals surface area (Å²) in [5.74, 6) is -0.399. The molecule has 0 aliphatic carbocycles. The number of halogens is 1. The first-order valence-electron chi connectivity index (χ1n) is 6.61. The van der Waals surface area contributed by atoms with Crippen LogP contribution in [0.5, 0.6) is 0 Å². The Balaban J connectivity index is 1.73. The summed E-state index contributed by atoms with van der Waals surface area (Å²) >= 11 is 7.43. The Labute approximate surface area is 139 Å². The molecule has 23 heavy (non-hydrogen) atoms. The molecule has 0 saturated heterocycles. The van der Waals surface area contributed by atoms with Crippen molar-refractivity contribution in [3.63, 3.8) is 0 Å². The zero-order valence-electron chi connectivity index (χ0n) is 11.7. The second-order valence-corrected chi connectivity index (χ2v) is 6.20. The third kappa shape index (κ3) is 3.30.